The lowest BCUT2D eigenvalue weighted by atomic mass is 10.1. The van der Waals surface area contributed by atoms with Crippen LogP contribution in [0.4, 0.5) is 4.79 Å². The molecular formula is C23H31N3O5. The van der Waals surface area contributed by atoms with Crippen LogP contribution >= 0.6 is 0 Å². The maximum atomic E-state index is 12.6. The van der Waals surface area contributed by atoms with Crippen molar-refractivity contribution in [1.82, 2.24) is 10.2 Å². The van der Waals surface area contributed by atoms with Crippen LogP contribution < -0.4 is 5.32 Å². The number of carboxylic acid groups (broad SMARTS) is 1. The zero-order chi connectivity index (χ0) is 22.5. The molecule has 1 aromatic carbocycles. The third-order valence-electron chi connectivity index (χ3n) is 5.16. The number of aliphatic carboxylic acids is 1. The van der Waals surface area contributed by atoms with Gasteiger partial charge in [-0.05, 0) is 18.4 Å². The summed E-state index contributed by atoms with van der Waals surface area (Å²) in [7, 11) is 0. The topological polar surface area (TPSA) is 116 Å². The van der Waals surface area contributed by atoms with Crippen LogP contribution in [0.3, 0.4) is 0 Å². The van der Waals surface area contributed by atoms with E-state index in [4.69, 9.17) is 5.11 Å². The van der Waals surface area contributed by atoms with Gasteiger partial charge in [0, 0.05) is 19.2 Å². The molecule has 0 saturated carbocycles. The minimum absolute atomic E-state index is 0.111. The Bertz CT molecular complexity index is 779. The van der Waals surface area contributed by atoms with Gasteiger partial charge in [-0.15, -0.1) is 0 Å². The van der Waals surface area contributed by atoms with Gasteiger partial charge in [0.15, 0.2) is 5.92 Å². The quantitative estimate of drug-likeness (QED) is 0.266. The molecule has 2 rings (SSSR count). The van der Waals surface area contributed by atoms with Crippen molar-refractivity contribution in [3.63, 3.8) is 0 Å². The minimum Gasteiger partial charge on any atom is -0.481 e. The first-order valence-corrected chi connectivity index (χ1v) is 10.9. The number of imide groups is 2. The van der Waals surface area contributed by atoms with Gasteiger partial charge < -0.3 is 5.11 Å². The van der Waals surface area contributed by atoms with E-state index in [1.54, 1.807) is 0 Å². The number of rotatable bonds is 14. The van der Waals surface area contributed by atoms with E-state index in [1.165, 1.54) is 6.21 Å². The molecule has 0 unspecified atom stereocenters. The molecule has 8 nitrogen and oxygen atoms in total. The normalized spacial score (nSPS) is 16.7. The van der Waals surface area contributed by atoms with E-state index in [1.807, 2.05) is 30.3 Å². The van der Waals surface area contributed by atoms with Gasteiger partial charge in [0.1, 0.15) is 0 Å². The number of benzene rings is 1. The molecule has 1 heterocycles. The van der Waals surface area contributed by atoms with Gasteiger partial charge in [0.2, 0.25) is 11.8 Å². The van der Waals surface area contributed by atoms with Gasteiger partial charge in [-0.25, -0.2) is 4.79 Å². The second kappa shape index (κ2) is 13.3. The van der Waals surface area contributed by atoms with Crippen molar-refractivity contribution >= 4 is 30.0 Å². The number of carbonyl (C=O) groups excluding carboxylic acids is 3. The molecule has 1 aliphatic heterocycles. The van der Waals surface area contributed by atoms with Crippen LogP contribution in [0.5, 0.6) is 0 Å². The van der Waals surface area contributed by atoms with Crippen molar-refractivity contribution in [2.75, 3.05) is 6.54 Å². The lowest BCUT2D eigenvalue weighted by Crippen LogP contribution is -2.57. The van der Waals surface area contributed by atoms with Crippen LogP contribution in [0.15, 0.2) is 35.3 Å². The summed E-state index contributed by atoms with van der Waals surface area (Å²) in [6.45, 7) is 0.641. The van der Waals surface area contributed by atoms with Crippen LogP contribution in [0.2, 0.25) is 0 Å². The van der Waals surface area contributed by atoms with Gasteiger partial charge in [-0.1, -0.05) is 68.9 Å². The van der Waals surface area contributed by atoms with Crippen LogP contribution in [0, 0.1) is 5.92 Å². The SMILES string of the molecule is O=C(O)CCCCCCCCCCN=C[C@H]1C(=O)NC(=O)N(Cc2ccccc2)C1=O. The number of nitrogens with zero attached hydrogens (tertiary/aromatic N) is 2. The largest absolute Gasteiger partial charge is 0.481 e. The summed E-state index contributed by atoms with van der Waals surface area (Å²) < 4.78 is 0. The lowest BCUT2D eigenvalue weighted by Gasteiger charge is -2.28. The third-order valence-corrected chi connectivity index (χ3v) is 5.16. The predicted octanol–water partition coefficient (Wildman–Crippen LogP) is 3.55. The predicted molar refractivity (Wildman–Crippen MR) is 117 cm³/mol. The Labute approximate surface area is 182 Å². The highest BCUT2D eigenvalue weighted by molar-refractivity contribution is 6.23. The summed E-state index contributed by atoms with van der Waals surface area (Å²) in [6, 6.07) is 8.43. The Morgan fingerprint density at radius 1 is 0.968 bits per heavy atom. The second-order valence-electron chi connectivity index (χ2n) is 7.71. The summed E-state index contributed by atoms with van der Waals surface area (Å²) in [4.78, 5) is 52.5. The Morgan fingerprint density at radius 3 is 2.23 bits per heavy atom. The summed E-state index contributed by atoms with van der Waals surface area (Å²) in [5.41, 5.74) is 0.804. The van der Waals surface area contributed by atoms with Gasteiger partial charge in [0.25, 0.3) is 0 Å². The molecule has 0 spiro atoms. The molecule has 0 aliphatic carbocycles. The van der Waals surface area contributed by atoms with E-state index in [9.17, 15) is 19.2 Å². The minimum atomic E-state index is -1.08. The lowest BCUT2D eigenvalue weighted by molar-refractivity contribution is -0.140. The molecule has 8 heteroatoms. The maximum Gasteiger partial charge on any atom is 0.331 e. The van der Waals surface area contributed by atoms with E-state index in [0.717, 1.165) is 61.8 Å². The second-order valence-corrected chi connectivity index (χ2v) is 7.71. The molecule has 168 valence electrons. The van der Waals surface area contributed by atoms with Crippen molar-refractivity contribution in [3.8, 4) is 0 Å². The van der Waals surface area contributed by atoms with Crippen LogP contribution in [0.25, 0.3) is 0 Å². The number of unbranched alkanes of at least 4 members (excludes halogenated alkanes) is 7. The summed E-state index contributed by atoms with van der Waals surface area (Å²) >= 11 is 0. The highest BCUT2D eigenvalue weighted by atomic mass is 16.4. The standard InChI is InChI=1S/C23H31N3O5/c27-20(28)14-10-5-3-1-2-4-6-11-15-24-16-19-21(29)25-23(31)26(22(19)30)17-18-12-8-7-9-13-18/h7-9,12-13,16,19H,1-6,10-11,14-15,17H2,(H,27,28)(H,25,29,31)/t19-/m0/s1. The average molecular weight is 430 g/mol. The molecule has 1 aromatic rings. The monoisotopic (exact) mass is 429 g/mol. The highest BCUT2D eigenvalue weighted by Gasteiger charge is 2.39. The molecule has 4 amide bonds. The first-order valence-electron chi connectivity index (χ1n) is 10.9. The highest BCUT2D eigenvalue weighted by Crippen LogP contribution is 2.14. The Balaban J connectivity index is 1.65. The van der Waals surface area contributed by atoms with Crippen molar-refractivity contribution in [3.05, 3.63) is 35.9 Å². The molecule has 0 radical (unpaired) electrons. The first-order chi connectivity index (χ1) is 15.0. The van der Waals surface area contributed by atoms with E-state index in [2.05, 4.69) is 10.3 Å². The molecule has 31 heavy (non-hydrogen) atoms. The number of hydrogen-bond donors (Lipinski definition) is 2. The number of barbiturate groups is 1. The first kappa shape index (κ1) is 24.2. The van der Waals surface area contributed by atoms with E-state index >= 15 is 0 Å². The molecule has 1 fully saturated rings. The van der Waals surface area contributed by atoms with Crippen LogP contribution in [-0.2, 0) is 20.9 Å². The Hall–Kier alpha value is -3.03. The van der Waals surface area contributed by atoms with E-state index in [0.29, 0.717) is 6.54 Å². The fourth-order valence-corrected chi connectivity index (χ4v) is 3.40. The van der Waals surface area contributed by atoms with Crippen LogP contribution in [0.1, 0.15) is 63.4 Å². The Kier molecular flexibility index (Phi) is 10.4. The fraction of sp³-hybridized carbons (Fsp3) is 0.522. The summed E-state index contributed by atoms with van der Waals surface area (Å²) in [5, 5.41) is 10.8. The zero-order valence-electron chi connectivity index (χ0n) is 17.8. The number of carboxylic acids is 1. The van der Waals surface area contributed by atoms with E-state index < -0.39 is 29.7 Å². The number of hydrogen-bond acceptors (Lipinski definition) is 5. The Morgan fingerprint density at radius 2 is 1.58 bits per heavy atom. The van der Waals surface area contributed by atoms with Crippen molar-refractivity contribution < 1.29 is 24.3 Å². The molecule has 1 aliphatic rings. The van der Waals surface area contributed by atoms with E-state index in [-0.39, 0.29) is 13.0 Å². The zero-order valence-corrected chi connectivity index (χ0v) is 17.8. The van der Waals surface area contributed by atoms with Gasteiger partial charge in [-0.2, -0.15) is 0 Å². The smallest absolute Gasteiger partial charge is 0.331 e. The number of nitrogens with one attached hydrogen (secondary N) is 1. The number of urea groups is 1. The van der Waals surface area contributed by atoms with Gasteiger partial charge in [0.05, 0.1) is 6.54 Å². The molecule has 2 N–H and O–H groups in total. The van der Waals surface area contributed by atoms with Gasteiger partial charge in [-0.3, -0.25) is 29.6 Å². The van der Waals surface area contributed by atoms with Crippen molar-refractivity contribution in [2.24, 2.45) is 10.9 Å². The summed E-state index contributed by atoms with van der Waals surface area (Å²) in [5.74, 6) is -2.99. The number of aliphatic imine (C=N–C) groups is 1. The average Bonchev–Trinajstić information content (AvgIpc) is 2.74. The third kappa shape index (κ3) is 8.70. The van der Waals surface area contributed by atoms with Gasteiger partial charge >= 0.3 is 12.0 Å². The fourth-order valence-electron chi connectivity index (χ4n) is 3.40. The maximum absolute atomic E-state index is 12.6. The molecule has 0 aromatic heterocycles. The number of carbonyl (C=O) groups is 4. The molecule has 1 saturated heterocycles. The van der Waals surface area contributed by atoms with Crippen molar-refractivity contribution in [2.45, 2.75) is 64.3 Å². The van der Waals surface area contributed by atoms with Crippen molar-refractivity contribution in [1.29, 1.82) is 0 Å². The molecule has 1 atom stereocenters. The van der Waals surface area contributed by atoms with Crippen LogP contribution in [-0.4, -0.2) is 46.6 Å². The molecular weight excluding hydrogens is 398 g/mol. The number of amides is 4. The molecule has 0 bridgehead atoms. The summed E-state index contributed by atoms with van der Waals surface area (Å²) in [6.07, 6.45) is 9.52.